The Morgan fingerprint density at radius 2 is 1.75 bits per heavy atom. The van der Waals surface area contributed by atoms with Gasteiger partial charge in [0.25, 0.3) is 5.91 Å². The van der Waals surface area contributed by atoms with E-state index in [1.165, 1.54) is 0 Å². The van der Waals surface area contributed by atoms with Crippen molar-refractivity contribution in [1.29, 1.82) is 0 Å². The molecule has 5 nitrogen and oxygen atoms in total. The van der Waals surface area contributed by atoms with Crippen molar-refractivity contribution in [2.24, 2.45) is 0 Å². The fourth-order valence-electron chi connectivity index (χ4n) is 3.82. The minimum absolute atomic E-state index is 0.116. The molecule has 0 aliphatic carbocycles. The molecule has 3 aromatic rings. The lowest BCUT2D eigenvalue weighted by molar-refractivity contribution is -0.136. The molecule has 1 aliphatic heterocycles. The van der Waals surface area contributed by atoms with Gasteiger partial charge in [0.2, 0.25) is 0 Å². The van der Waals surface area contributed by atoms with Crippen LogP contribution in [0.4, 0.5) is 5.69 Å². The Bertz CT molecular complexity index is 1040. The molecule has 4 rings (SSSR count). The summed E-state index contributed by atoms with van der Waals surface area (Å²) in [6.45, 7) is 3.78. The summed E-state index contributed by atoms with van der Waals surface area (Å²) in [7, 11) is 0. The molecule has 2 aromatic carbocycles. The number of hydrogen-bond donors (Lipinski definition) is 1. The number of ketones is 1. The summed E-state index contributed by atoms with van der Waals surface area (Å²) >= 11 is 0. The van der Waals surface area contributed by atoms with Crippen molar-refractivity contribution < 1.29 is 14.7 Å². The molecule has 0 fully saturated rings. The standard InChI is InChI=1S/C23H22N2O3/c1-16(2)25-20-11-4-3-10-19(20)23(28,22(25)27)15-21(26)17-8-7-9-18(14-17)24-12-5-6-13-24/h3-14,16,28H,15H2,1-2H3. The molecule has 1 aromatic heterocycles. The lowest BCUT2D eigenvalue weighted by Crippen LogP contribution is -2.44. The molecule has 1 atom stereocenters. The summed E-state index contributed by atoms with van der Waals surface area (Å²) in [6.07, 6.45) is 3.50. The summed E-state index contributed by atoms with van der Waals surface area (Å²) in [4.78, 5) is 27.7. The third kappa shape index (κ3) is 2.84. The lowest BCUT2D eigenvalue weighted by atomic mass is 9.88. The second-order valence-electron chi connectivity index (χ2n) is 7.39. The summed E-state index contributed by atoms with van der Waals surface area (Å²) in [5.41, 5.74) is 0.627. The number of nitrogens with zero attached hydrogens (tertiary/aromatic N) is 2. The van der Waals surface area contributed by atoms with E-state index in [-0.39, 0.29) is 18.2 Å². The maximum Gasteiger partial charge on any atom is 0.264 e. The van der Waals surface area contributed by atoms with E-state index in [1.54, 1.807) is 35.2 Å². The van der Waals surface area contributed by atoms with Gasteiger partial charge in [-0.25, -0.2) is 0 Å². The molecule has 0 bridgehead atoms. The first-order valence-corrected chi connectivity index (χ1v) is 9.34. The molecule has 0 spiro atoms. The van der Waals surface area contributed by atoms with Crippen LogP contribution in [-0.2, 0) is 10.4 Å². The molecule has 28 heavy (non-hydrogen) atoms. The number of aromatic nitrogens is 1. The Labute approximate surface area is 163 Å². The number of anilines is 1. The van der Waals surface area contributed by atoms with Crippen molar-refractivity contribution in [2.75, 3.05) is 4.90 Å². The van der Waals surface area contributed by atoms with Gasteiger partial charge in [0.15, 0.2) is 11.4 Å². The van der Waals surface area contributed by atoms with Gasteiger partial charge in [0.1, 0.15) is 0 Å². The van der Waals surface area contributed by atoms with Gasteiger partial charge < -0.3 is 14.6 Å². The summed E-state index contributed by atoms with van der Waals surface area (Å²) in [6, 6.07) is 18.0. The van der Waals surface area contributed by atoms with E-state index in [1.807, 2.05) is 61.1 Å². The summed E-state index contributed by atoms with van der Waals surface area (Å²) in [5.74, 6) is -0.719. The van der Waals surface area contributed by atoms with Gasteiger partial charge in [-0.3, -0.25) is 9.59 Å². The highest BCUT2D eigenvalue weighted by Gasteiger charge is 2.51. The minimum atomic E-state index is -1.85. The Balaban J connectivity index is 1.68. The molecule has 0 radical (unpaired) electrons. The van der Waals surface area contributed by atoms with E-state index in [0.717, 1.165) is 5.69 Å². The fourth-order valence-corrected chi connectivity index (χ4v) is 3.82. The number of aliphatic hydroxyl groups is 1. The van der Waals surface area contributed by atoms with Crippen molar-refractivity contribution in [1.82, 2.24) is 4.57 Å². The number of amides is 1. The molecule has 0 saturated carbocycles. The van der Waals surface area contributed by atoms with Crippen molar-refractivity contribution in [2.45, 2.75) is 31.9 Å². The SMILES string of the molecule is CC(C)N1C(=O)C(O)(CC(=O)c2cccc(-n3cccc3)c2)c2ccccc21. The van der Waals surface area contributed by atoms with E-state index in [4.69, 9.17) is 0 Å². The zero-order chi connectivity index (χ0) is 19.9. The average Bonchev–Trinajstić information content (AvgIpc) is 3.29. The second kappa shape index (κ2) is 6.77. The van der Waals surface area contributed by atoms with Crippen LogP contribution in [0.5, 0.6) is 0 Å². The number of benzene rings is 2. The molecule has 5 heteroatoms. The molecule has 1 N–H and O–H groups in total. The van der Waals surface area contributed by atoms with Crippen LogP contribution < -0.4 is 4.90 Å². The summed E-state index contributed by atoms with van der Waals surface area (Å²) < 4.78 is 1.90. The minimum Gasteiger partial charge on any atom is -0.375 e. The quantitative estimate of drug-likeness (QED) is 0.693. The van der Waals surface area contributed by atoms with Gasteiger partial charge in [-0.1, -0.05) is 30.3 Å². The van der Waals surface area contributed by atoms with E-state index < -0.39 is 11.5 Å². The van der Waals surface area contributed by atoms with Gasteiger partial charge >= 0.3 is 0 Å². The van der Waals surface area contributed by atoms with Crippen LogP contribution in [0, 0.1) is 0 Å². The topological polar surface area (TPSA) is 62.5 Å². The number of rotatable bonds is 5. The molecule has 0 saturated heterocycles. The first kappa shape index (κ1) is 18.2. The zero-order valence-corrected chi connectivity index (χ0v) is 15.9. The smallest absolute Gasteiger partial charge is 0.264 e. The average molecular weight is 374 g/mol. The predicted octanol–water partition coefficient (Wildman–Crippen LogP) is 3.69. The molecular formula is C23H22N2O3. The zero-order valence-electron chi connectivity index (χ0n) is 15.9. The fraction of sp³-hybridized carbons (Fsp3) is 0.217. The largest absolute Gasteiger partial charge is 0.375 e. The number of carbonyl (C=O) groups excluding carboxylic acids is 2. The number of para-hydroxylation sites is 1. The van der Waals surface area contributed by atoms with Crippen molar-refractivity contribution in [3.05, 3.63) is 84.2 Å². The van der Waals surface area contributed by atoms with Crippen LogP contribution in [0.15, 0.2) is 73.1 Å². The Morgan fingerprint density at radius 3 is 2.46 bits per heavy atom. The van der Waals surface area contributed by atoms with E-state index in [9.17, 15) is 14.7 Å². The van der Waals surface area contributed by atoms with Gasteiger partial charge in [-0.05, 0) is 44.2 Å². The molecule has 1 amide bonds. The Morgan fingerprint density at radius 1 is 1.04 bits per heavy atom. The van der Waals surface area contributed by atoms with Crippen LogP contribution in [0.3, 0.4) is 0 Å². The second-order valence-corrected chi connectivity index (χ2v) is 7.39. The van der Waals surface area contributed by atoms with E-state index in [0.29, 0.717) is 16.8 Å². The maximum absolute atomic E-state index is 13.1. The molecule has 142 valence electrons. The molecule has 1 aliphatic rings. The van der Waals surface area contributed by atoms with Gasteiger partial charge in [0, 0.05) is 35.2 Å². The van der Waals surface area contributed by atoms with Crippen molar-refractivity contribution in [3.8, 4) is 5.69 Å². The third-order valence-electron chi connectivity index (χ3n) is 5.19. The van der Waals surface area contributed by atoms with Gasteiger partial charge in [-0.15, -0.1) is 0 Å². The molecule has 2 heterocycles. The van der Waals surface area contributed by atoms with Gasteiger partial charge in [-0.2, -0.15) is 0 Å². The van der Waals surface area contributed by atoms with Gasteiger partial charge in [0.05, 0.1) is 12.1 Å². The Kier molecular flexibility index (Phi) is 4.40. The number of carbonyl (C=O) groups is 2. The highest BCUT2D eigenvalue weighted by atomic mass is 16.3. The van der Waals surface area contributed by atoms with Crippen molar-refractivity contribution in [3.63, 3.8) is 0 Å². The first-order valence-electron chi connectivity index (χ1n) is 9.34. The third-order valence-corrected chi connectivity index (χ3v) is 5.19. The van der Waals surface area contributed by atoms with Crippen LogP contribution >= 0.6 is 0 Å². The number of hydrogen-bond acceptors (Lipinski definition) is 3. The normalized spacial score (nSPS) is 18.6. The van der Waals surface area contributed by atoms with E-state index >= 15 is 0 Å². The van der Waals surface area contributed by atoms with Crippen LogP contribution in [0.25, 0.3) is 5.69 Å². The van der Waals surface area contributed by atoms with Crippen LogP contribution in [0.2, 0.25) is 0 Å². The monoisotopic (exact) mass is 374 g/mol. The number of Topliss-reactive ketones (excluding diaryl/α,β-unsaturated/α-hetero) is 1. The lowest BCUT2D eigenvalue weighted by Gasteiger charge is -2.25. The highest BCUT2D eigenvalue weighted by Crippen LogP contribution is 2.43. The highest BCUT2D eigenvalue weighted by molar-refractivity contribution is 6.11. The van der Waals surface area contributed by atoms with E-state index in [2.05, 4.69) is 0 Å². The predicted molar refractivity (Wildman–Crippen MR) is 108 cm³/mol. The maximum atomic E-state index is 13.1. The summed E-state index contributed by atoms with van der Waals surface area (Å²) in [5, 5.41) is 11.3. The van der Waals surface area contributed by atoms with Crippen LogP contribution in [-0.4, -0.2) is 27.4 Å². The van der Waals surface area contributed by atoms with Crippen LogP contribution in [0.1, 0.15) is 36.2 Å². The van der Waals surface area contributed by atoms with Crippen molar-refractivity contribution >= 4 is 17.4 Å². The molecule has 1 unspecified atom stereocenters. The Hall–Kier alpha value is -3.18. The molecular weight excluding hydrogens is 352 g/mol. The first-order chi connectivity index (χ1) is 13.4. The number of fused-ring (bicyclic) bond motifs is 1.